The number of amides is 1. The molecule has 1 amide bonds. The van der Waals surface area contributed by atoms with E-state index < -0.39 is 6.10 Å². The average Bonchev–Trinajstić information content (AvgIpc) is 3.31. The monoisotopic (exact) mass is 486 g/mol. The van der Waals surface area contributed by atoms with Gasteiger partial charge < -0.3 is 14.6 Å². The second-order valence-corrected chi connectivity index (χ2v) is 10.6. The average molecular weight is 487 g/mol. The van der Waals surface area contributed by atoms with Crippen LogP contribution in [0.25, 0.3) is 17.0 Å². The van der Waals surface area contributed by atoms with Gasteiger partial charge in [0, 0.05) is 48.8 Å². The molecule has 4 rings (SSSR count). The number of fused-ring (bicyclic) bond motifs is 1. The maximum absolute atomic E-state index is 13.2. The first kappa shape index (κ1) is 25.9. The number of nitrogens with zero attached hydrogens (tertiary/aromatic N) is 4. The molecule has 1 atom stereocenters. The van der Waals surface area contributed by atoms with Crippen LogP contribution in [-0.4, -0.2) is 51.9 Å². The fourth-order valence-electron chi connectivity index (χ4n) is 4.96. The predicted octanol–water partition coefficient (Wildman–Crippen LogP) is 5.42. The van der Waals surface area contributed by atoms with Crippen molar-refractivity contribution in [2.45, 2.75) is 47.3 Å². The molecule has 0 aliphatic carbocycles. The first-order chi connectivity index (χ1) is 17.2. The van der Waals surface area contributed by atoms with E-state index in [-0.39, 0.29) is 5.91 Å². The van der Waals surface area contributed by atoms with E-state index in [0.29, 0.717) is 36.2 Å². The molecule has 0 bridgehead atoms. The summed E-state index contributed by atoms with van der Waals surface area (Å²) in [7, 11) is 0. The lowest BCUT2D eigenvalue weighted by atomic mass is 10.1. The molecule has 3 aromatic rings. The van der Waals surface area contributed by atoms with Gasteiger partial charge in [-0.3, -0.25) is 4.79 Å². The minimum absolute atomic E-state index is 0.131. The zero-order valence-corrected chi connectivity index (χ0v) is 22.1. The molecule has 2 aromatic carbocycles. The number of hydrogen-bond donors (Lipinski definition) is 1. The van der Waals surface area contributed by atoms with Crippen molar-refractivity contribution in [3.8, 4) is 0 Å². The van der Waals surface area contributed by atoms with E-state index in [2.05, 4.69) is 54.4 Å². The highest BCUT2D eigenvalue weighted by molar-refractivity contribution is 6.32. The van der Waals surface area contributed by atoms with Crippen LogP contribution in [0.2, 0.25) is 0 Å². The molecule has 190 valence electrons. The Morgan fingerprint density at radius 2 is 1.58 bits per heavy atom. The minimum Gasteiger partial charge on any atom is -0.390 e. The Hall–Kier alpha value is -3.22. The lowest BCUT2D eigenvalue weighted by Crippen LogP contribution is -2.39. The van der Waals surface area contributed by atoms with Crippen LogP contribution in [0.5, 0.6) is 0 Å². The SMILES string of the molecule is CC1=NN(c2ccccc2)C(=O)/C1=C/c1cn(CC(O)CN(CC(C)C)CC(C)C)c2ccccc12. The van der Waals surface area contributed by atoms with Crippen molar-refractivity contribution < 1.29 is 9.90 Å². The molecule has 1 N–H and O–H groups in total. The fourth-order valence-corrected chi connectivity index (χ4v) is 4.96. The van der Waals surface area contributed by atoms with Crippen LogP contribution in [-0.2, 0) is 11.3 Å². The Bertz CT molecular complexity index is 1250. The zero-order chi connectivity index (χ0) is 25.8. The van der Waals surface area contributed by atoms with E-state index in [1.54, 1.807) is 0 Å². The van der Waals surface area contributed by atoms with Crippen LogP contribution in [0.4, 0.5) is 5.69 Å². The van der Waals surface area contributed by atoms with Crippen LogP contribution < -0.4 is 5.01 Å². The molecule has 0 saturated carbocycles. The van der Waals surface area contributed by atoms with Gasteiger partial charge in [0.15, 0.2) is 0 Å². The number of hydrazone groups is 1. The third-order valence-corrected chi connectivity index (χ3v) is 6.31. The number of hydrogen-bond acceptors (Lipinski definition) is 4. The van der Waals surface area contributed by atoms with Crippen LogP contribution >= 0.6 is 0 Å². The fraction of sp³-hybridized carbons (Fsp3) is 0.400. The molecule has 2 heterocycles. The smallest absolute Gasteiger partial charge is 0.280 e. The van der Waals surface area contributed by atoms with E-state index in [0.717, 1.165) is 35.2 Å². The summed E-state index contributed by atoms with van der Waals surface area (Å²) in [6.45, 7) is 13.8. The van der Waals surface area contributed by atoms with Gasteiger partial charge in [-0.2, -0.15) is 10.1 Å². The zero-order valence-electron chi connectivity index (χ0n) is 22.1. The number of carbonyl (C=O) groups is 1. The maximum Gasteiger partial charge on any atom is 0.280 e. The highest BCUT2D eigenvalue weighted by Gasteiger charge is 2.29. The molecule has 1 aliphatic rings. The number of benzene rings is 2. The topological polar surface area (TPSA) is 61.1 Å². The molecule has 6 heteroatoms. The Labute approximate surface area is 214 Å². The van der Waals surface area contributed by atoms with E-state index >= 15 is 0 Å². The number of anilines is 1. The number of aliphatic hydroxyl groups is 1. The molecule has 0 radical (unpaired) electrons. The first-order valence-corrected chi connectivity index (χ1v) is 12.9. The Kier molecular flexibility index (Phi) is 8.07. The molecular formula is C30H38N4O2. The number of aromatic nitrogens is 1. The van der Waals surface area contributed by atoms with Crippen molar-refractivity contribution in [3.63, 3.8) is 0 Å². The normalized spacial score (nSPS) is 16.2. The van der Waals surface area contributed by atoms with E-state index in [9.17, 15) is 9.90 Å². The number of para-hydroxylation sites is 2. The molecule has 0 fully saturated rings. The van der Waals surface area contributed by atoms with Crippen molar-refractivity contribution in [2.24, 2.45) is 16.9 Å². The minimum atomic E-state index is -0.496. The third-order valence-electron chi connectivity index (χ3n) is 6.31. The van der Waals surface area contributed by atoms with Crippen molar-refractivity contribution in [2.75, 3.05) is 24.6 Å². The Morgan fingerprint density at radius 3 is 2.25 bits per heavy atom. The highest BCUT2D eigenvalue weighted by Crippen LogP contribution is 2.28. The quantitative estimate of drug-likeness (QED) is 0.389. The number of rotatable bonds is 10. The largest absolute Gasteiger partial charge is 0.390 e. The van der Waals surface area contributed by atoms with Gasteiger partial charge >= 0.3 is 0 Å². The third kappa shape index (κ3) is 5.94. The molecule has 0 spiro atoms. The first-order valence-electron chi connectivity index (χ1n) is 12.9. The van der Waals surface area contributed by atoms with Crippen LogP contribution in [0.3, 0.4) is 0 Å². The van der Waals surface area contributed by atoms with Gasteiger partial charge in [-0.1, -0.05) is 64.1 Å². The van der Waals surface area contributed by atoms with Crippen LogP contribution in [0, 0.1) is 11.8 Å². The van der Waals surface area contributed by atoms with Gasteiger partial charge in [0.1, 0.15) is 0 Å². The molecule has 1 unspecified atom stereocenters. The molecule has 1 aromatic heterocycles. The van der Waals surface area contributed by atoms with Gasteiger partial charge in [-0.15, -0.1) is 0 Å². The van der Waals surface area contributed by atoms with Gasteiger partial charge in [0.25, 0.3) is 5.91 Å². The summed E-state index contributed by atoms with van der Waals surface area (Å²) in [5.41, 5.74) is 4.03. The Morgan fingerprint density at radius 1 is 0.944 bits per heavy atom. The molecule has 6 nitrogen and oxygen atoms in total. The summed E-state index contributed by atoms with van der Waals surface area (Å²) in [4.78, 5) is 15.6. The van der Waals surface area contributed by atoms with E-state index in [4.69, 9.17) is 0 Å². The summed E-state index contributed by atoms with van der Waals surface area (Å²) < 4.78 is 2.11. The summed E-state index contributed by atoms with van der Waals surface area (Å²) in [5.74, 6) is 0.963. The van der Waals surface area contributed by atoms with Crippen molar-refractivity contribution in [3.05, 3.63) is 71.9 Å². The molecule has 0 saturated heterocycles. The second kappa shape index (κ2) is 11.2. The standard InChI is InChI=1S/C30H38N4O2/c1-21(2)16-32(17-22(3)4)19-26(35)20-33-18-24(27-13-9-10-14-29(27)33)15-28-23(5)31-34(30(28)36)25-11-7-6-8-12-25/h6-15,18,21-22,26,35H,16-17,19-20H2,1-5H3/b28-15+. The van der Waals surface area contributed by atoms with Crippen molar-refractivity contribution in [1.29, 1.82) is 0 Å². The van der Waals surface area contributed by atoms with Crippen molar-refractivity contribution >= 4 is 34.3 Å². The maximum atomic E-state index is 13.2. The van der Waals surface area contributed by atoms with E-state index in [1.165, 1.54) is 5.01 Å². The van der Waals surface area contributed by atoms with E-state index in [1.807, 2.05) is 61.7 Å². The van der Waals surface area contributed by atoms with Crippen molar-refractivity contribution in [1.82, 2.24) is 9.47 Å². The van der Waals surface area contributed by atoms with Gasteiger partial charge in [-0.05, 0) is 43.0 Å². The molecule has 36 heavy (non-hydrogen) atoms. The van der Waals surface area contributed by atoms with Gasteiger partial charge in [0.2, 0.25) is 0 Å². The Balaban J connectivity index is 1.59. The molecule has 1 aliphatic heterocycles. The lowest BCUT2D eigenvalue weighted by Gasteiger charge is -2.28. The highest BCUT2D eigenvalue weighted by atomic mass is 16.3. The van der Waals surface area contributed by atoms with Gasteiger partial charge in [-0.25, -0.2) is 0 Å². The number of carbonyl (C=O) groups excluding carboxylic acids is 1. The van der Waals surface area contributed by atoms with Crippen LogP contribution in [0.15, 0.2) is 71.5 Å². The summed E-state index contributed by atoms with van der Waals surface area (Å²) in [6.07, 6.45) is 3.48. The predicted molar refractivity (Wildman–Crippen MR) is 149 cm³/mol. The summed E-state index contributed by atoms with van der Waals surface area (Å²) >= 11 is 0. The molecular weight excluding hydrogens is 448 g/mol. The summed E-state index contributed by atoms with van der Waals surface area (Å²) in [5, 5.41) is 18.1. The second-order valence-electron chi connectivity index (χ2n) is 10.6. The lowest BCUT2D eigenvalue weighted by molar-refractivity contribution is -0.114. The van der Waals surface area contributed by atoms with Gasteiger partial charge in [0.05, 0.1) is 23.1 Å². The van der Waals surface area contributed by atoms with Crippen LogP contribution in [0.1, 0.15) is 40.2 Å². The number of aliphatic hydroxyl groups excluding tert-OH is 1. The summed E-state index contributed by atoms with van der Waals surface area (Å²) in [6, 6.07) is 17.6.